The van der Waals surface area contributed by atoms with E-state index < -0.39 is 25.4 Å². The van der Waals surface area contributed by atoms with Crippen LogP contribution in [-0.2, 0) is 14.6 Å². The van der Waals surface area contributed by atoms with E-state index in [2.05, 4.69) is 0 Å². The number of aliphatic hydroxyl groups is 1. The van der Waals surface area contributed by atoms with Crippen molar-refractivity contribution in [2.24, 2.45) is 0 Å². The fourth-order valence-electron chi connectivity index (χ4n) is 3.41. The highest BCUT2D eigenvalue weighted by Crippen LogP contribution is 2.43. The van der Waals surface area contributed by atoms with Gasteiger partial charge in [-0.25, -0.2) is 8.42 Å². The molecule has 0 saturated carbocycles. The zero-order valence-electron chi connectivity index (χ0n) is 11.6. The van der Waals surface area contributed by atoms with Crippen LogP contribution in [0.1, 0.15) is 27.7 Å². The van der Waals surface area contributed by atoms with Gasteiger partial charge < -0.3 is 14.7 Å². The Morgan fingerprint density at radius 1 is 1.28 bits per heavy atom. The Hall–Kier alpha value is -0.170. The van der Waals surface area contributed by atoms with Crippen LogP contribution in [0.25, 0.3) is 0 Å². The van der Waals surface area contributed by atoms with E-state index >= 15 is 0 Å². The van der Waals surface area contributed by atoms with Gasteiger partial charge in [-0.3, -0.25) is 0 Å². The second kappa shape index (κ2) is 4.16. The summed E-state index contributed by atoms with van der Waals surface area (Å²) in [5.74, 6) is 0. The Morgan fingerprint density at radius 3 is 2.22 bits per heavy atom. The molecule has 2 rings (SSSR count). The third-order valence-corrected chi connectivity index (χ3v) is 7.63. The van der Waals surface area contributed by atoms with E-state index in [4.69, 9.17) is 4.74 Å². The molecular weight excluding hydrogens is 254 g/mol. The van der Waals surface area contributed by atoms with Crippen molar-refractivity contribution in [1.82, 2.24) is 0 Å². The van der Waals surface area contributed by atoms with Gasteiger partial charge in [0.05, 0.1) is 18.8 Å². The first-order valence-corrected chi connectivity index (χ1v) is 8.03. The number of hydrogen-bond acceptors (Lipinski definition) is 4. The van der Waals surface area contributed by atoms with Gasteiger partial charge in [-0.2, -0.15) is 0 Å². The zero-order valence-corrected chi connectivity index (χ0v) is 12.4. The second-order valence-corrected chi connectivity index (χ2v) is 9.12. The summed E-state index contributed by atoms with van der Waals surface area (Å²) in [7, 11) is -3.27. The fourth-order valence-corrected chi connectivity index (χ4v) is 6.15. The molecular formula is C12H24NO4S+. The van der Waals surface area contributed by atoms with Crippen LogP contribution in [0, 0.1) is 0 Å². The first-order chi connectivity index (χ1) is 8.10. The van der Waals surface area contributed by atoms with E-state index in [0.717, 1.165) is 13.1 Å². The fraction of sp³-hybridized carbons (Fsp3) is 1.00. The lowest BCUT2D eigenvalue weighted by Gasteiger charge is -2.55. The standard InChI is InChI=1S/C12H23NO4S/c1-11(2,14)10-9(12(3,4)18(10,15)16)13-5-7-17-8-6-13/h9-10,14H,5-8H2,1-4H3/p+1/t9-,10-/m1/s1. The van der Waals surface area contributed by atoms with Crippen LogP contribution >= 0.6 is 0 Å². The van der Waals surface area contributed by atoms with Gasteiger partial charge in [0.15, 0.2) is 9.84 Å². The number of nitrogens with one attached hydrogen (secondary N) is 1. The molecule has 0 aromatic heterocycles. The van der Waals surface area contributed by atoms with Gasteiger partial charge >= 0.3 is 0 Å². The minimum Gasteiger partial charge on any atom is -0.389 e. The number of ether oxygens (including phenoxy) is 1. The van der Waals surface area contributed by atoms with E-state index in [9.17, 15) is 13.5 Å². The smallest absolute Gasteiger partial charge is 0.172 e. The van der Waals surface area contributed by atoms with Gasteiger partial charge in [0.25, 0.3) is 0 Å². The summed E-state index contributed by atoms with van der Waals surface area (Å²) >= 11 is 0. The summed E-state index contributed by atoms with van der Waals surface area (Å²) in [6.07, 6.45) is 0. The van der Waals surface area contributed by atoms with E-state index in [1.165, 1.54) is 4.90 Å². The third-order valence-electron chi connectivity index (χ3n) is 4.39. The Morgan fingerprint density at radius 2 is 1.78 bits per heavy atom. The number of morpholine rings is 1. The van der Waals surface area contributed by atoms with E-state index in [1.54, 1.807) is 27.7 Å². The lowest BCUT2D eigenvalue weighted by Crippen LogP contribution is -3.23. The molecule has 0 spiro atoms. The Balaban J connectivity index is 2.32. The van der Waals surface area contributed by atoms with Crippen molar-refractivity contribution >= 4 is 9.84 Å². The zero-order chi connectivity index (χ0) is 13.8. The molecule has 0 aromatic carbocycles. The lowest BCUT2D eigenvalue weighted by atomic mass is 9.87. The molecule has 0 unspecified atom stereocenters. The molecule has 2 heterocycles. The Kier molecular flexibility index (Phi) is 3.29. The summed E-state index contributed by atoms with van der Waals surface area (Å²) in [5, 5.41) is 9.51. The normalized spacial score (nSPS) is 36.1. The molecule has 106 valence electrons. The molecule has 0 aromatic rings. The molecule has 0 aliphatic carbocycles. The molecule has 2 fully saturated rings. The topological polar surface area (TPSA) is 68.0 Å². The third kappa shape index (κ3) is 1.90. The minimum absolute atomic E-state index is 0.0496. The van der Waals surface area contributed by atoms with Crippen LogP contribution in [0.3, 0.4) is 0 Å². The number of quaternary nitrogens is 1. The molecule has 0 radical (unpaired) electrons. The van der Waals surface area contributed by atoms with E-state index in [1.807, 2.05) is 0 Å². The summed E-state index contributed by atoms with van der Waals surface area (Å²) < 4.78 is 29.3. The molecule has 2 aliphatic rings. The summed E-state index contributed by atoms with van der Waals surface area (Å²) in [5.41, 5.74) is -1.19. The monoisotopic (exact) mass is 278 g/mol. The highest BCUT2D eigenvalue weighted by Gasteiger charge is 2.70. The quantitative estimate of drug-likeness (QED) is 0.653. The number of hydrogen-bond donors (Lipinski definition) is 2. The summed E-state index contributed by atoms with van der Waals surface area (Å²) in [6.45, 7) is 9.71. The van der Waals surface area contributed by atoms with Crippen molar-refractivity contribution in [2.75, 3.05) is 26.3 Å². The highest BCUT2D eigenvalue weighted by atomic mass is 32.2. The molecule has 2 saturated heterocycles. The van der Waals surface area contributed by atoms with Crippen LogP contribution in [-0.4, -0.2) is 61.5 Å². The Labute approximate surface area is 109 Å². The first kappa shape index (κ1) is 14.2. The van der Waals surface area contributed by atoms with Crippen molar-refractivity contribution in [2.45, 2.75) is 49.3 Å². The maximum absolute atomic E-state index is 12.4. The molecule has 18 heavy (non-hydrogen) atoms. The van der Waals surface area contributed by atoms with Crippen LogP contribution in [0.15, 0.2) is 0 Å². The number of sulfone groups is 1. The Bertz CT molecular complexity index is 418. The van der Waals surface area contributed by atoms with Crippen LogP contribution in [0.4, 0.5) is 0 Å². The highest BCUT2D eigenvalue weighted by molar-refractivity contribution is 7.95. The molecule has 2 N–H and O–H groups in total. The summed E-state index contributed by atoms with van der Waals surface area (Å²) in [4.78, 5) is 1.24. The minimum atomic E-state index is -3.27. The van der Waals surface area contributed by atoms with Gasteiger partial charge in [-0.1, -0.05) is 0 Å². The molecule has 6 heteroatoms. The van der Waals surface area contributed by atoms with Crippen molar-refractivity contribution in [3.05, 3.63) is 0 Å². The molecule has 2 atom stereocenters. The largest absolute Gasteiger partial charge is 0.389 e. The van der Waals surface area contributed by atoms with Crippen LogP contribution in [0.2, 0.25) is 0 Å². The molecule has 5 nitrogen and oxygen atoms in total. The maximum atomic E-state index is 12.4. The van der Waals surface area contributed by atoms with Crippen molar-refractivity contribution in [3.8, 4) is 0 Å². The molecule has 0 amide bonds. The predicted molar refractivity (Wildman–Crippen MR) is 68.4 cm³/mol. The second-order valence-electron chi connectivity index (χ2n) is 6.47. The van der Waals surface area contributed by atoms with E-state index in [0.29, 0.717) is 13.2 Å². The van der Waals surface area contributed by atoms with Gasteiger partial charge in [-0.15, -0.1) is 0 Å². The molecule has 2 aliphatic heterocycles. The molecule has 0 bridgehead atoms. The average molecular weight is 278 g/mol. The van der Waals surface area contributed by atoms with Crippen molar-refractivity contribution < 1.29 is 23.2 Å². The van der Waals surface area contributed by atoms with Gasteiger partial charge in [0, 0.05) is 0 Å². The van der Waals surface area contributed by atoms with Crippen molar-refractivity contribution in [1.29, 1.82) is 0 Å². The average Bonchev–Trinajstić information content (AvgIpc) is 2.24. The van der Waals surface area contributed by atoms with Gasteiger partial charge in [-0.05, 0) is 27.7 Å². The van der Waals surface area contributed by atoms with Crippen LogP contribution < -0.4 is 4.90 Å². The van der Waals surface area contributed by atoms with Gasteiger partial charge in [0.2, 0.25) is 0 Å². The van der Waals surface area contributed by atoms with Gasteiger partial charge in [0.1, 0.15) is 29.1 Å². The number of rotatable bonds is 2. The SMILES string of the molecule is CC(C)(O)[C@H]1[C@@H]([NH+]2CCOCC2)C(C)(C)S1(=O)=O. The van der Waals surface area contributed by atoms with Crippen molar-refractivity contribution in [3.63, 3.8) is 0 Å². The predicted octanol–water partition coefficient (Wildman–Crippen LogP) is -1.38. The maximum Gasteiger partial charge on any atom is 0.172 e. The summed E-state index contributed by atoms with van der Waals surface area (Å²) in [6, 6.07) is -0.0496. The van der Waals surface area contributed by atoms with E-state index in [-0.39, 0.29) is 6.04 Å². The van der Waals surface area contributed by atoms with Crippen LogP contribution in [0.5, 0.6) is 0 Å². The first-order valence-electron chi connectivity index (χ1n) is 6.48. The lowest BCUT2D eigenvalue weighted by molar-refractivity contribution is -0.937.